The van der Waals surface area contributed by atoms with Crippen molar-refractivity contribution in [3.8, 4) is 0 Å². The van der Waals surface area contributed by atoms with Crippen molar-refractivity contribution in [2.45, 2.75) is 57.4 Å². The Labute approximate surface area is 205 Å². The lowest BCUT2D eigenvalue weighted by atomic mass is 9.86. The zero-order chi connectivity index (χ0) is 24.0. The fraction of sp³-hybridized carbons (Fsp3) is 0.500. The molecule has 3 aliphatic rings. The molecule has 0 unspecified atom stereocenters. The molecule has 5 nitrogen and oxygen atoms in total. The zero-order valence-corrected chi connectivity index (χ0v) is 21.4. The van der Waals surface area contributed by atoms with Crippen LogP contribution in [0.2, 0.25) is 0 Å². The molecule has 5 rings (SSSR count). The maximum atomic E-state index is 13.6. The van der Waals surface area contributed by atoms with Crippen molar-refractivity contribution >= 4 is 32.7 Å². The van der Waals surface area contributed by atoms with E-state index in [-0.39, 0.29) is 16.7 Å². The highest BCUT2D eigenvalue weighted by molar-refractivity contribution is 7.95. The maximum absolute atomic E-state index is 13.6. The van der Waals surface area contributed by atoms with E-state index < -0.39 is 15.7 Å². The van der Waals surface area contributed by atoms with Crippen molar-refractivity contribution in [1.82, 2.24) is 9.80 Å². The molecular weight excluding hydrogens is 471 g/mol. The number of nitrogens with zero attached hydrogens (tertiary/aromatic N) is 2. The summed E-state index contributed by atoms with van der Waals surface area (Å²) < 4.78 is 38.6. The van der Waals surface area contributed by atoms with Crippen LogP contribution in [0.3, 0.4) is 0 Å². The molecule has 8 heteroatoms. The number of rotatable bonds is 5. The van der Waals surface area contributed by atoms with Crippen LogP contribution in [-0.4, -0.2) is 50.3 Å². The van der Waals surface area contributed by atoms with Crippen molar-refractivity contribution in [3.05, 3.63) is 55.9 Å². The van der Waals surface area contributed by atoms with E-state index in [1.54, 1.807) is 13.0 Å². The van der Waals surface area contributed by atoms with Gasteiger partial charge in [0.1, 0.15) is 5.82 Å². The molecule has 0 aliphatic carbocycles. The molecule has 1 aromatic heterocycles. The minimum absolute atomic E-state index is 0.113. The van der Waals surface area contributed by atoms with E-state index >= 15 is 0 Å². The summed E-state index contributed by atoms with van der Waals surface area (Å²) in [6.45, 7) is 8.30. The monoisotopic (exact) mass is 502 g/mol. The van der Waals surface area contributed by atoms with Crippen LogP contribution in [-0.2, 0) is 40.4 Å². The van der Waals surface area contributed by atoms with Crippen LogP contribution in [0.4, 0.5) is 4.39 Å². The zero-order valence-electron chi connectivity index (χ0n) is 19.8. The minimum atomic E-state index is -3.54. The Hall–Kier alpha value is -2.03. The molecule has 0 spiro atoms. The summed E-state index contributed by atoms with van der Waals surface area (Å²) in [5.74, 6) is -0.169. The Bertz CT molecular complexity index is 1260. The van der Waals surface area contributed by atoms with Crippen molar-refractivity contribution < 1.29 is 17.6 Å². The second-order valence-electron chi connectivity index (χ2n) is 9.57. The maximum Gasteiger partial charge on any atom is 0.219 e. The largest absolute Gasteiger partial charge is 0.337 e. The highest BCUT2D eigenvalue weighted by Crippen LogP contribution is 2.41. The van der Waals surface area contributed by atoms with Gasteiger partial charge < -0.3 is 9.80 Å². The number of hydrogen-bond donors (Lipinski definition) is 0. The van der Waals surface area contributed by atoms with Gasteiger partial charge in [0.25, 0.3) is 0 Å². The number of piperidine rings is 1. The summed E-state index contributed by atoms with van der Waals surface area (Å²) in [7, 11) is -3.54. The predicted molar refractivity (Wildman–Crippen MR) is 133 cm³/mol. The number of carbonyl (C=O) groups excluding carboxylic acids is 1. The third-order valence-corrected chi connectivity index (χ3v) is 10.4. The van der Waals surface area contributed by atoms with Gasteiger partial charge in [0.15, 0.2) is 0 Å². The first kappa shape index (κ1) is 23.7. The summed E-state index contributed by atoms with van der Waals surface area (Å²) in [6, 6.07) is 4.11. The molecule has 1 aromatic carbocycles. The van der Waals surface area contributed by atoms with E-state index in [0.29, 0.717) is 5.56 Å². The van der Waals surface area contributed by atoms with Gasteiger partial charge in [-0.3, -0.25) is 4.79 Å². The van der Waals surface area contributed by atoms with Crippen LogP contribution in [0.5, 0.6) is 0 Å². The quantitative estimate of drug-likeness (QED) is 0.607. The first-order valence-corrected chi connectivity index (χ1v) is 14.5. The molecule has 1 amide bonds. The van der Waals surface area contributed by atoms with Gasteiger partial charge in [0.05, 0.1) is 11.4 Å². The second kappa shape index (κ2) is 9.21. The topological polar surface area (TPSA) is 57.7 Å². The molecule has 0 bridgehead atoms. The third-order valence-electron chi connectivity index (χ3n) is 7.57. The van der Waals surface area contributed by atoms with E-state index in [2.05, 4.69) is 11.8 Å². The summed E-state index contributed by atoms with van der Waals surface area (Å²) in [5, 5.41) is 1.37. The molecule has 1 saturated heterocycles. The fourth-order valence-electron chi connectivity index (χ4n) is 5.71. The highest BCUT2D eigenvalue weighted by Gasteiger charge is 2.33. The summed E-state index contributed by atoms with van der Waals surface area (Å²) in [6.07, 6.45) is 4.83. The Kier molecular flexibility index (Phi) is 6.42. The van der Waals surface area contributed by atoms with Crippen molar-refractivity contribution in [1.29, 1.82) is 0 Å². The van der Waals surface area contributed by atoms with E-state index in [9.17, 15) is 17.6 Å². The van der Waals surface area contributed by atoms with Gasteiger partial charge in [-0.2, -0.15) is 0 Å². The van der Waals surface area contributed by atoms with Crippen molar-refractivity contribution in [2.75, 3.05) is 26.2 Å². The first-order chi connectivity index (χ1) is 16.3. The molecular formula is C26H31FN2O3S2. The SMILES string of the molecule is CCc1c(CCN2CCC(C3=CS(=O)(=O)c4cc(F)ccc43)CC2)sc2c1CCN(C(C)=O)C2. The fourth-order valence-corrected chi connectivity index (χ4v) is 8.71. The molecule has 0 radical (unpaired) electrons. The van der Waals surface area contributed by atoms with Gasteiger partial charge in [-0.15, -0.1) is 11.3 Å². The number of benzene rings is 1. The van der Waals surface area contributed by atoms with Gasteiger partial charge in [-0.05, 0) is 85.5 Å². The first-order valence-electron chi connectivity index (χ1n) is 12.1. The van der Waals surface area contributed by atoms with Gasteiger partial charge in [-0.25, -0.2) is 12.8 Å². The van der Waals surface area contributed by atoms with E-state index in [1.165, 1.54) is 32.4 Å². The molecule has 34 heavy (non-hydrogen) atoms. The van der Waals surface area contributed by atoms with Gasteiger partial charge >= 0.3 is 0 Å². The van der Waals surface area contributed by atoms with E-state index in [0.717, 1.165) is 76.5 Å². The molecule has 0 saturated carbocycles. The van der Waals surface area contributed by atoms with Gasteiger partial charge in [-0.1, -0.05) is 13.0 Å². The van der Waals surface area contributed by atoms with Crippen LogP contribution >= 0.6 is 11.3 Å². The Morgan fingerprint density at radius 2 is 1.97 bits per heavy atom. The summed E-state index contributed by atoms with van der Waals surface area (Å²) in [4.78, 5) is 19.2. The smallest absolute Gasteiger partial charge is 0.219 e. The number of carbonyl (C=O) groups is 1. The average Bonchev–Trinajstić information content (AvgIpc) is 3.31. The Morgan fingerprint density at radius 1 is 1.21 bits per heavy atom. The molecule has 1 fully saturated rings. The van der Waals surface area contributed by atoms with Gasteiger partial charge in [0.2, 0.25) is 15.7 Å². The number of hydrogen-bond acceptors (Lipinski definition) is 5. The number of likely N-dealkylation sites (tertiary alicyclic amines) is 1. The second-order valence-corrected chi connectivity index (χ2v) is 12.5. The summed E-state index contributed by atoms with van der Waals surface area (Å²) in [5.41, 5.74) is 4.49. The van der Waals surface area contributed by atoms with Crippen LogP contribution in [0.25, 0.3) is 5.57 Å². The molecule has 0 N–H and O–H groups in total. The van der Waals surface area contributed by atoms with Gasteiger partial charge in [0, 0.05) is 35.2 Å². The lowest BCUT2D eigenvalue weighted by Gasteiger charge is -2.32. The van der Waals surface area contributed by atoms with Crippen LogP contribution in [0.15, 0.2) is 28.5 Å². The van der Waals surface area contributed by atoms with Crippen molar-refractivity contribution in [2.24, 2.45) is 5.92 Å². The molecule has 0 atom stereocenters. The third kappa shape index (κ3) is 4.36. The number of fused-ring (bicyclic) bond motifs is 2. The number of allylic oxidation sites excluding steroid dienone is 1. The van der Waals surface area contributed by atoms with E-state index in [1.807, 2.05) is 16.2 Å². The molecule has 2 aromatic rings. The number of halogens is 1. The van der Waals surface area contributed by atoms with Crippen molar-refractivity contribution in [3.63, 3.8) is 0 Å². The number of thiophene rings is 1. The standard InChI is InChI=1S/C26H31FN2O3S2/c1-3-20-21-8-13-29(17(2)30)15-25(21)33-24(20)9-12-28-10-6-18(7-11-28)23-16-34(31,32)26-14-19(27)4-5-22(23)26/h4-5,14,16,18H,3,6-13,15H2,1-2H3. The van der Waals surface area contributed by atoms with E-state index in [4.69, 9.17) is 0 Å². The molecule has 4 heterocycles. The number of sulfone groups is 1. The Morgan fingerprint density at radius 3 is 2.68 bits per heavy atom. The molecule has 3 aliphatic heterocycles. The lowest BCUT2D eigenvalue weighted by molar-refractivity contribution is -0.129. The highest BCUT2D eigenvalue weighted by atomic mass is 32.2. The minimum Gasteiger partial charge on any atom is -0.337 e. The number of amides is 1. The van der Waals surface area contributed by atoms with Crippen LogP contribution in [0.1, 0.15) is 53.1 Å². The predicted octanol–water partition coefficient (Wildman–Crippen LogP) is 4.44. The summed E-state index contributed by atoms with van der Waals surface area (Å²) >= 11 is 1.88. The lowest BCUT2D eigenvalue weighted by Crippen LogP contribution is -2.35. The van der Waals surface area contributed by atoms with Crippen LogP contribution < -0.4 is 0 Å². The Balaban J connectivity index is 1.22. The average molecular weight is 503 g/mol. The molecule has 182 valence electrons. The normalized spacial score (nSPS) is 20.2. The van der Waals surface area contributed by atoms with Crippen LogP contribution in [0, 0.1) is 11.7 Å².